The molecule has 0 spiro atoms. The highest BCUT2D eigenvalue weighted by Crippen LogP contribution is 2.27. The Bertz CT molecular complexity index is 758. The Hall–Kier alpha value is -3.02. The summed E-state index contributed by atoms with van der Waals surface area (Å²) < 4.78 is 10.3. The molecule has 1 N–H and O–H groups in total. The van der Waals surface area contributed by atoms with Gasteiger partial charge < -0.3 is 14.8 Å². The first kappa shape index (κ1) is 15.9. The number of carbonyl (C=O) groups excluding carboxylic acids is 2. The van der Waals surface area contributed by atoms with E-state index in [1.54, 1.807) is 44.6 Å². The molecule has 124 valence electrons. The first-order valence-electron chi connectivity index (χ1n) is 7.54. The second-order valence-corrected chi connectivity index (χ2v) is 5.40. The number of imide groups is 1. The minimum Gasteiger partial charge on any atom is -0.497 e. The first-order chi connectivity index (χ1) is 11.6. The van der Waals surface area contributed by atoms with Crippen LogP contribution in [0.25, 0.3) is 0 Å². The second kappa shape index (κ2) is 6.62. The second-order valence-electron chi connectivity index (χ2n) is 5.40. The predicted octanol–water partition coefficient (Wildman–Crippen LogP) is 2.45. The van der Waals surface area contributed by atoms with Gasteiger partial charge in [-0.25, -0.2) is 4.90 Å². The third kappa shape index (κ3) is 3.03. The smallest absolute Gasteiger partial charge is 0.256 e. The molecule has 2 amide bonds. The lowest BCUT2D eigenvalue weighted by Gasteiger charge is -2.16. The van der Waals surface area contributed by atoms with Gasteiger partial charge in [0.05, 0.1) is 26.3 Å². The SMILES string of the molecule is COc1ccc(N2C(=O)CC(Nc3cccc(OC)c3)C2=O)cc1. The van der Waals surface area contributed by atoms with Crippen LogP contribution in [-0.2, 0) is 9.59 Å². The number of rotatable bonds is 5. The van der Waals surface area contributed by atoms with Crippen LogP contribution in [0, 0.1) is 0 Å². The summed E-state index contributed by atoms with van der Waals surface area (Å²) >= 11 is 0. The van der Waals surface area contributed by atoms with Crippen LogP contribution in [0.3, 0.4) is 0 Å². The lowest BCUT2D eigenvalue weighted by molar-refractivity contribution is -0.121. The molecule has 0 aliphatic carbocycles. The summed E-state index contributed by atoms with van der Waals surface area (Å²) in [5, 5.41) is 3.10. The lowest BCUT2D eigenvalue weighted by atomic mass is 10.2. The van der Waals surface area contributed by atoms with Crippen LogP contribution in [0.4, 0.5) is 11.4 Å². The molecule has 2 aromatic carbocycles. The van der Waals surface area contributed by atoms with Crippen molar-refractivity contribution in [1.29, 1.82) is 0 Å². The Morgan fingerprint density at radius 3 is 2.38 bits per heavy atom. The van der Waals surface area contributed by atoms with Gasteiger partial charge in [-0.05, 0) is 36.4 Å². The van der Waals surface area contributed by atoms with Gasteiger partial charge in [0.1, 0.15) is 17.5 Å². The number of benzene rings is 2. The maximum atomic E-state index is 12.6. The number of anilines is 2. The molecule has 1 unspecified atom stereocenters. The number of nitrogens with one attached hydrogen (secondary N) is 1. The number of amides is 2. The molecule has 6 nitrogen and oxygen atoms in total. The fourth-order valence-electron chi connectivity index (χ4n) is 2.66. The van der Waals surface area contributed by atoms with Crippen LogP contribution in [0.2, 0.25) is 0 Å². The predicted molar refractivity (Wildman–Crippen MR) is 90.5 cm³/mol. The molecule has 0 aromatic heterocycles. The number of carbonyl (C=O) groups is 2. The molecule has 1 fully saturated rings. The van der Waals surface area contributed by atoms with E-state index in [0.717, 1.165) is 5.69 Å². The van der Waals surface area contributed by atoms with E-state index in [1.807, 2.05) is 18.2 Å². The number of nitrogens with zero attached hydrogens (tertiary/aromatic N) is 1. The average Bonchev–Trinajstić information content (AvgIpc) is 2.89. The molecule has 0 bridgehead atoms. The van der Waals surface area contributed by atoms with Gasteiger partial charge in [-0.15, -0.1) is 0 Å². The normalized spacial score (nSPS) is 17.1. The summed E-state index contributed by atoms with van der Waals surface area (Å²) in [7, 11) is 3.14. The summed E-state index contributed by atoms with van der Waals surface area (Å²) in [4.78, 5) is 26.1. The van der Waals surface area contributed by atoms with Crippen molar-refractivity contribution >= 4 is 23.2 Å². The summed E-state index contributed by atoms with van der Waals surface area (Å²) in [6, 6.07) is 13.5. The highest BCUT2D eigenvalue weighted by Gasteiger charge is 2.39. The van der Waals surface area contributed by atoms with Crippen molar-refractivity contribution in [2.45, 2.75) is 12.5 Å². The van der Waals surface area contributed by atoms with Crippen LogP contribution in [-0.4, -0.2) is 32.1 Å². The third-order valence-corrected chi connectivity index (χ3v) is 3.89. The topological polar surface area (TPSA) is 67.9 Å². The van der Waals surface area contributed by atoms with Gasteiger partial charge in [-0.2, -0.15) is 0 Å². The van der Waals surface area contributed by atoms with Crippen molar-refractivity contribution in [1.82, 2.24) is 0 Å². The van der Waals surface area contributed by atoms with Gasteiger partial charge in [0.2, 0.25) is 5.91 Å². The standard InChI is InChI=1S/C18H18N2O4/c1-23-14-8-6-13(7-9-14)20-17(21)11-16(18(20)22)19-12-4-3-5-15(10-12)24-2/h3-10,16,19H,11H2,1-2H3. The Morgan fingerprint density at radius 1 is 1.00 bits per heavy atom. The van der Waals surface area contributed by atoms with E-state index >= 15 is 0 Å². The minimum absolute atomic E-state index is 0.113. The summed E-state index contributed by atoms with van der Waals surface area (Å²) in [6.07, 6.45) is 0.113. The van der Waals surface area contributed by atoms with Crippen molar-refractivity contribution < 1.29 is 19.1 Å². The van der Waals surface area contributed by atoms with Gasteiger partial charge >= 0.3 is 0 Å². The summed E-state index contributed by atoms with van der Waals surface area (Å²) in [5.41, 5.74) is 1.28. The fraction of sp³-hybridized carbons (Fsp3) is 0.222. The van der Waals surface area contributed by atoms with E-state index in [9.17, 15) is 9.59 Å². The van der Waals surface area contributed by atoms with Crippen LogP contribution < -0.4 is 19.7 Å². The molecule has 0 saturated carbocycles. The zero-order chi connectivity index (χ0) is 17.1. The molecule has 0 radical (unpaired) electrons. The van der Waals surface area contributed by atoms with Gasteiger partial charge in [0, 0.05) is 11.8 Å². The highest BCUT2D eigenvalue weighted by molar-refractivity contribution is 6.23. The summed E-state index contributed by atoms with van der Waals surface area (Å²) in [5.74, 6) is 0.853. The maximum Gasteiger partial charge on any atom is 0.256 e. The van der Waals surface area contributed by atoms with E-state index in [-0.39, 0.29) is 18.2 Å². The van der Waals surface area contributed by atoms with E-state index in [1.165, 1.54) is 4.90 Å². The van der Waals surface area contributed by atoms with Gasteiger partial charge in [0.15, 0.2) is 0 Å². The molecule has 24 heavy (non-hydrogen) atoms. The van der Waals surface area contributed by atoms with Crippen molar-refractivity contribution in [3.8, 4) is 11.5 Å². The number of hydrogen-bond acceptors (Lipinski definition) is 5. The Labute approximate surface area is 140 Å². The van der Waals surface area contributed by atoms with E-state index in [0.29, 0.717) is 17.2 Å². The fourth-order valence-corrected chi connectivity index (χ4v) is 2.66. The van der Waals surface area contributed by atoms with Crippen LogP contribution >= 0.6 is 0 Å². The molecule has 1 aliphatic heterocycles. The zero-order valence-electron chi connectivity index (χ0n) is 13.5. The first-order valence-corrected chi connectivity index (χ1v) is 7.54. The maximum absolute atomic E-state index is 12.6. The lowest BCUT2D eigenvalue weighted by Crippen LogP contribution is -2.34. The van der Waals surface area contributed by atoms with Crippen LogP contribution in [0.15, 0.2) is 48.5 Å². The number of hydrogen-bond donors (Lipinski definition) is 1. The molecule has 6 heteroatoms. The summed E-state index contributed by atoms with van der Waals surface area (Å²) in [6.45, 7) is 0. The van der Waals surface area contributed by atoms with Crippen LogP contribution in [0.5, 0.6) is 11.5 Å². The Balaban J connectivity index is 1.77. The van der Waals surface area contributed by atoms with Gasteiger partial charge in [-0.1, -0.05) is 6.07 Å². The molecule has 3 rings (SSSR count). The van der Waals surface area contributed by atoms with Crippen molar-refractivity contribution in [2.75, 3.05) is 24.4 Å². The molecular formula is C18H18N2O4. The average molecular weight is 326 g/mol. The quantitative estimate of drug-likeness (QED) is 0.855. The minimum atomic E-state index is -0.591. The van der Waals surface area contributed by atoms with E-state index < -0.39 is 6.04 Å². The molecule has 1 saturated heterocycles. The van der Waals surface area contributed by atoms with E-state index in [4.69, 9.17) is 9.47 Å². The number of methoxy groups -OCH3 is 2. The highest BCUT2D eigenvalue weighted by atomic mass is 16.5. The Kier molecular flexibility index (Phi) is 4.37. The largest absolute Gasteiger partial charge is 0.497 e. The third-order valence-electron chi connectivity index (χ3n) is 3.89. The molecule has 2 aromatic rings. The van der Waals surface area contributed by atoms with Gasteiger partial charge in [0.25, 0.3) is 5.91 Å². The zero-order valence-corrected chi connectivity index (χ0v) is 13.5. The molecule has 1 aliphatic rings. The van der Waals surface area contributed by atoms with Crippen molar-refractivity contribution in [3.05, 3.63) is 48.5 Å². The number of ether oxygens (including phenoxy) is 2. The Morgan fingerprint density at radius 2 is 1.71 bits per heavy atom. The van der Waals surface area contributed by atoms with E-state index in [2.05, 4.69) is 5.32 Å². The van der Waals surface area contributed by atoms with Crippen molar-refractivity contribution in [3.63, 3.8) is 0 Å². The van der Waals surface area contributed by atoms with Gasteiger partial charge in [-0.3, -0.25) is 9.59 Å². The molecule has 1 heterocycles. The van der Waals surface area contributed by atoms with Crippen molar-refractivity contribution in [2.24, 2.45) is 0 Å². The molecule has 1 atom stereocenters. The van der Waals surface area contributed by atoms with Crippen LogP contribution in [0.1, 0.15) is 6.42 Å². The monoisotopic (exact) mass is 326 g/mol. The molecular weight excluding hydrogens is 308 g/mol.